The molecule has 1 aliphatic rings. The number of rotatable bonds is 6. The molecule has 2 amide bonds. The maximum atomic E-state index is 13.4. The second kappa shape index (κ2) is 10.2. The van der Waals surface area contributed by atoms with Gasteiger partial charge in [-0.05, 0) is 42.7 Å². The van der Waals surface area contributed by atoms with E-state index in [1.165, 1.54) is 10.4 Å². The van der Waals surface area contributed by atoms with Gasteiger partial charge in [0.15, 0.2) is 0 Å². The lowest BCUT2D eigenvalue weighted by atomic mass is 10.0. The number of hydrogen-bond acceptors (Lipinski definition) is 4. The van der Waals surface area contributed by atoms with E-state index in [1.54, 1.807) is 17.0 Å². The Morgan fingerprint density at radius 3 is 2.27 bits per heavy atom. The van der Waals surface area contributed by atoms with Crippen LogP contribution >= 0.6 is 11.6 Å². The maximum absolute atomic E-state index is 13.4. The van der Waals surface area contributed by atoms with Gasteiger partial charge in [-0.15, -0.1) is 0 Å². The molecule has 3 rings (SSSR count). The van der Waals surface area contributed by atoms with Crippen molar-refractivity contribution in [3.05, 3.63) is 64.4 Å². The third-order valence-electron chi connectivity index (χ3n) is 5.69. The minimum atomic E-state index is -3.87. The summed E-state index contributed by atoms with van der Waals surface area (Å²) in [6.07, 6.45) is 0. The third-order valence-corrected chi connectivity index (χ3v) is 7.87. The summed E-state index contributed by atoms with van der Waals surface area (Å²) in [5.74, 6) is -1.43. The van der Waals surface area contributed by atoms with Gasteiger partial charge in [-0.2, -0.15) is 4.31 Å². The van der Waals surface area contributed by atoms with Crippen molar-refractivity contribution in [1.29, 1.82) is 0 Å². The molecule has 1 saturated heterocycles. The summed E-state index contributed by atoms with van der Waals surface area (Å²) in [5.41, 5.74) is 1.31. The highest BCUT2D eigenvalue weighted by atomic mass is 35.5. The summed E-state index contributed by atoms with van der Waals surface area (Å²) >= 11 is 5.74. The summed E-state index contributed by atoms with van der Waals surface area (Å²) in [6, 6.07) is 9.67. The van der Waals surface area contributed by atoms with Crippen molar-refractivity contribution >= 4 is 33.4 Å². The molecule has 0 bridgehead atoms. The SMILES string of the molecule is Cc1ccccc1C(=O)NC(C(=O)N1CCN(S(=O)(=O)c2ccc(F)c(Cl)c2)CC1)C(C)C. The molecule has 1 aliphatic heterocycles. The molecule has 0 spiro atoms. The van der Waals surface area contributed by atoms with Crippen LogP contribution < -0.4 is 5.32 Å². The standard InChI is InChI=1S/C23H27ClFN3O4S/c1-15(2)21(26-22(29)18-7-5-4-6-16(18)3)23(30)27-10-12-28(13-11-27)33(31,32)17-8-9-20(25)19(24)14-17/h4-9,14-15,21H,10-13H2,1-3H3,(H,26,29). The van der Waals surface area contributed by atoms with E-state index in [0.717, 1.165) is 17.7 Å². The lowest BCUT2D eigenvalue weighted by molar-refractivity contribution is -0.135. The van der Waals surface area contributed by atoms with Gasteiger partial charge in [0.05, 0.1) is 9.92 Å². The number of piperazine rings is 1. The van der Waals surface area contributed by atoms with E-state index >= 15 is 0 Å². The molecule has 1 N–H and O–H groups in total. The Kier molecular flexibility index (Phi) is 7.76. The second-order valence-electron chi connectivity index (χ2n) is 8.32. The van der Waals surface area contributed by atoms with Crippen molar-refractivity contribution in [2.45, 2.75) is 31.7 Å². The number of carbonyl (C=O) groups is 2. The lowest BCUT2D eigenvalue weighted by Crippen LogP contribution is -2.57. The van der Waals surface area contributed by atoms with Gasteiger partial charge in [0.1, 0.15) is 11.9 Å². The molecule has 33 heavy (non-hydrogen) atoms. The van der Waals surface area contributed by atoms with Gasteiger partial charge in [0.25, 0.3) is 5.91 Å². The zero-order valence-corrected chi connectivity index (χ0v) is 20.3. The first-order valence-corrected chi connectivity index (χ1v) is 12.4. The Morgan fingerprint density at radius 2 is 1.70 bits per heavy atom. The molecule has 1 atom stereocenters. The number of hydrogen-bond donors (Lipinski definition) is 1. The van der Waals surface area contributed by atoms with Crippen molar-refractivity contribution < 1.29 is 22.4 Å². The normalized spacial score (nSPS) is 16.0. The molecule has 7 nitrogen and oxygen atoms in total. The van der Waals surface area contributed by atoms with Crippen LogP contribution in [-0.4, -0.2) is 61.7 Å². The molecule has 1 unspecified atom stereocenters. The Bertz CT molecular complexity index is 1150. The minimum Gasteiger partial charge on any atom is -0.340 e. The number of nitrogens with zero attached hydrogens (tertiary/aromatic N) is 2. The molecule has 0 saturated carbocycles. The summed E-state index contributed by atoms with van der Waals surface area (Å²) in [6.45, 7) is 6.04. The van der Waals surface area contributed by atoms with E-state index in [4.69, 9.17) is 11.6 Å². The number of amides is 2. The van der Waals surface area contributed by atoms with Crippen molar-refractivity contribution in [3.63, 3.8) is 0 Å². The molecular formula is C23H27ClFN3O4S. The van der Waals surface area contributed by atoms with E-state index in [2.05, 4.69) is 5.32 Å². The smallest absolute Gasteiger partial charge is 0.252 e. The van der Waals surface area contributed by atoms with Crippen molar-refractivity contribution in [1.82, 2.24) is 14.5 Å². The first-order chi connectivity index (χ1) is 15.5. The highest BCUT2D eigenvalue weighted by Crippen LogP contribution is 2.23. The molecule has 2 aromatic rings. The van der Waals surface area contributed by atoms with Crippen LogP contribution in [0.5, 0.6) is 0 Å². The average molecular weight is 496 g/mol. The third kappa shape index (κ3) is 5.54. The first-order valence-electron chi connectivity index (χ1n) is 10.6. The molecule has 10 heteroatoms. The monoisotopic (exact) mass is 495 g/mol. The highest BCUT2D eigenvalue weighted by Gasteiger charge is 2.34. The number of sulfonamides is 1. The van der Waals surface area contributed by atoms with Crippen molar-refractivity contribution in [2.24, 2.45) is 5.92 Å². The van der Waals surface area contributed by atoms with Crippen LogP contribution in [0.1, 0.15) is 29.8 Å². The van der Waals surface area contributed by atoms with Gasteiger partial charge in [-0.25, -0.2) is 12.8 Å². The molecular weight excluding hydrogens is 469 g/mol. The van der Waals surface area contributed by atoms with E-state index in [9.17, 15) is 22.4 Å². The number of aryl methyl sites for hydroxylation is 1. The van der Waals surface area contributed by atoms with Crippen LogP contribution in [0.25, 0.3) is 0 Å². The summed E-state index contributed by atoms with van der Waals surface area (Å²) in [5, 5.41) is 2.57. The number of carbonyl (C=O) groups excluding carboxylic acids is 2. The van der Waals surface area contributed by atoms with Gasteiger partial charge in [-0.1, -0.05) is 43.6 Å². The largest absolute Gasteiger partial charge is 0.340 e. The Balaban J connectivity index is 1.68. The Hall–Kier alpha value is -2.49. The van der Waals surface area contributed by atoms with Crippen LogP contribution in [0, 0.1) is 18.7 Å². The predicted octanol–water partition coefficient (Wildman–Crippen LogP) is 3.08. The zero-order chi connectivity index (χ0) is 24.3. The maximum Gasteiger partial charge on any atom is 0.252 e. The van der Waals surface area contributed by atoms with Crippen molar-refractivity contribution in [2.75, 3.05) is 26.2 Å². The molecule has 1 heterocycles. The van der Waals surface area contributed by atoms with Crippen LogP contribution in [-0.2, 0) is 14.8 Å². The van der Waals surface area contributed by atoms with Gasteiger partial charge in [-0.3, -0.25) is 9.59 Å². The zero-order valence-electron chi connectivity index (χ0n) is 18.7. The number of nitrogens with one attached hydrogen (secondary N) is 1. The molecule has 1 fully saturated rings. The molecule has 2 aromatic carbocycles. The van der Waals surface area contributed by atoms with E-state index in [1.807, 2.05) is 32.9 Å². The Labute approximate surface area is 198 Å². The van der Waals surface area contributed by atoms with Gasteiger partial charge >= 0.3 is 0 Å². The fraction of sp³-hybridized carbons (Fsp3) is 0.391. The van der Waals surface area contributed by atoms with Crippen LogP contribution in [0.15, 0.2) is 47.4 Å². The van der Waals surface area contributed by atoms with Crippen molar-refractivity contribution in [3.8, 4) is 0 Å². The van der Waals surface area contributed by atoms with Crippen LogP contribution in [0.3, 0.4) is 0 Å². The van der Waals surface area contributed by atoms with Crippen LogP contribution in [0.4, 0.5) is 4.39 Å². The van der Waals surface area contributed by atoms with E-state index in [-0.39, 0.29) is 53.8 Å². The molecule has 0 aromatic heterocycles. The first kappa shape index (κ1) is 25.1. The summed E-state index contributed by atoms with van der Waals surface area (Å²) in [7, 11) is -3.87. The average Bonchev–Trinajstić information content (AvgIpc) is 2.78. The lowest BCUT2D eigenvalue weighted by Gasteiger charge is -2.36. The quantitative estimate of drug-likeness (QED) is 0.667. The van der Waals surface area contributed by atoms with E-state index < -0.39 is 21.9 Å². The highest BCUT2D eigenvalue weighted by molar-refractivity contribution is 7.89. The molecule has 0 radical (unpaired) electrons. The van der Waals surface area contributed by atoms with Gasteiger partial charge < -0.3 is 10.2 Å². The Morgan fingerprint density at radius 1 is 1.06 bits per heavy atom. The fourth-order valence-corrected chi connectivity index (χ4v) is 5.39. The molecule has 178 valence electrons. The molecule has 0 aliphatic carbocycles. The fourth-order valence-electron chi connectivity index (χ4n) is 3.69. The summed E-state index contributed by atoms with van der Waals surface area (Å²) in [4.78, 5) is 27.4. The van der Waals surface area contributed by atoms with Crippen LogP contribution in [0.2, 0.25) is 5.02 Å². The number of benzene rings is 2. The summed E-state index contributed by atoms with van der Waals surface area (Å²) < 4.78 is 40.4. The number of halogens is 2. The minimum absolute atomic E-state index is 0.0830. The second-order valence-corrected chi connectivity index (χ2v) is 10.7. The topological polar surface area (TPSA) is 86.8 Å². The van der Waals surface area contributed by atoms with Gasteiger partial charge in [0, 0.05) is 31.7 Å². The predicted molar refractivity (Wildman–Crippen MR) is 124 cm³/mol. The van der Waals surface area contributed by atoms with Gasteiger partial charge in [0.2, 0.25) is 15.9 Å². The van der Waals surface area contributed by atoms with E-state index in [0.29, 0.717) is 5.56 Å².